The highest BCUT2D eigenvalue weighted by Gasteiger charge is 2.29. The molecule has 0 heterocycles. The van der Waals surface area contributed by atoms with E-state index < -0.39 is 0 Å². The average Bonchev–Trinajstić information content (AvgIpc) is 3.30. The van der Waals surface area contributed by atoms with E-state index in [4.69, 9.17) is 0 Å². The summed E-state index contributed by atoms with van der Waals surface area (Å²) >= 11 is 0. The maximum Gasteiger partial charge on any atom is 0.250 e. The van der Waals surface area contributed by atoms with Crippen molar-refractivity contribution < 1.29 is 0 Å². The van der Waals surface area contributed by atoms with Gasteiger partial charge in [0.15, 0.2) is 0 Å². The number of hydrogen-bond donors (Lipinski definition) is 1. The van der Waals surface area contributed by atoms with Gasteiger partial charge in [0.05, 0.1) is 11.3 Å². The maximum absolute atomic E-state index is 11.9. The van der Waals surface area contributed by atoms with Gasteiger partial charge in [-0.05, 0) is 55.2 Å². The number of benzene rings is 1. The lowest BCUT2D eigenvalue weighted by molar-refractivity contribution is 0.686. The lowest BCUT2D eigenvalue weighted by Gasteiger charge is -2.18. The number of aryl methyl sites for hydroxylation is 2. The fraction of sp³-hybridized carbons (Fsp3) is 0.412. The second-order valence-electron chi connectivity index (χ2n) is 6.02. The Kier molecular flexibility index (Phi) is 2.56. The second-order valence-corrected chi connectivity index (χ2v) is 6.02. The molecule has 0 aliphatic heterocycles. The van der Waals surface area contributed by atoms with Crippen molar-refractivity contribution in [3.05, 3.63) is 49.8 Å². The highest BCUT2D eigenvalue weighted by atomic mass is 16.2. The van der Waals surface area contributed by atoms with Gasteiger partial charge in [-0.15, -0.1) is 0 Å². The van der Waals surface area contributed by atoms with E-state index in [1.165, 1.54) is 24.0 Å². The van der Waals surface area contributed by atoms with Gasteiger partial charge in [0.2, 0.25) is 10.9 Å². The molecule has 4 rings (SSSR count). The highest BCUT2D eigenvalue weighted by Crippen LogP contribution is 2.32. The number of nitrogens with one attached hydrogen (secondary N) is 1. The molecule has 3 nitrogen and oxygen atoms in total. The predicted molar refractivity (Wildman–Crippen MR) is 80.1 cm³/mol. The van der Waals surface area contributed by atoms with Crippen LogP contribution in [-0.2, 0) is 12.8 Å². The van der Waals surface area contributed by atoms with E-state index >= 15 is 0 Å². The lowest BCUT2D eigenvalue weighted by Crippen LogP contribution is -2.36. The molecule has 0 spiro atoms. The first kappa shape index (κ1) is 11.9. The fourth-order valence-electron chi connectivity index (χ4n) is 3.13. The Balaban J connectivity index is 1.75. The molecule has 102 valence electrons. The zero-order valence-corrected chi connectivity index (χ0v) is 11.4. The molecule has 0 saturated heterocycles. The maximum atomic E-state index is 11.9. The first-order chi connectivity index (χ1) is 9.74. The SMILES string of the molecule is O=c1c(NC2CC2)c(-c2ccc3c(c2)CCCC3)c1=O. The van der Waals surface area contributed by atoms with Gasteiger partial charge in [-0.3, -0.25) is 9.59 Å². The zero-order chi connectivity index (χ0) is 13.7. The van der Waals surface area contributed by atoms with Gasteiger partial charge in [-0.25, -0.2) is 0 Å². The summed E-state index contributed by atoms with van der Waals surface area (Å²) in [6, 6.07) is 6.64. The largest absolute Gasteiger partial charge is 0.378 e. The summed E-state index contributed by atoms with van der Waals surface area (Å²) in [5, 5.41) is 3.21. The van der Waals surface area contributed by atoms with Gasteiger partial charge in [0.25, 0.3) is 0 Å². The molecular formula is C17H17NO2. The summed E-state index contributed by atoms with van der Waals surface area (Å²) < 4.78 is 0. The van der Waals surface area contributed by atoms with Crippen molar-refractivity contribution in [1.82, 2.24) is 0 Å². The third kappa shape index (κ3) is 1.80. The van der Waals surface area contributed by atoms with Crippen LogP contribution in [0.15, 0.2) is 27.8 Å². The number of anilines is 1. The minimum atomic E-state index is -0.343. The zero-order valence-electron chi connectivity index (χ0n) is 11.4. The van der Waals surface area contributed by atoms with Crippen molar-refractivity contribution in [2.24, 2.45) is 0 Å². The van der Waals surface area contributed by atoms with Gasteiger partial charge in [0, 0.05) is 6.04 Å². The smallest absolute Gasteiger partial charge is 0.250 e. The standard InChI is InChI=1S/C17H17NO2/c19-16-14(15(17(16)20)18-13-7-8-13)12-6-5-10-3-1-2-4-11(10)9-12/h5-6,9,13,18H,1-4,7-8H2. The molecule has 3 heteroatoms. The fourth-order valence-corrected chi connectivity index (χ4v) is 3.13. The lowest BCUT2D eigenvalue weighted by atomic mass is 9.88. The van der Waals surface area contributed by atoms with E-state index in [0.29, 0.717) is 17.3 Å². The molecule has 2 aliphatic rings. The minimum absolute atomic E-state index is 0.330. The molecule has 1 fully saturated rings. The van der Waals surface area contributed by atoms with Crippen LogP contribution >= 0.6 is 0 Å². The van der Waals surface area contributed by atoms with Crippen molar-refractivity contribution >= 4 is 5.69 Å². The van der Waals surface area contributed by atoms with Crippen LogP contribution in [0, 0.1) is 0 Å². The van der Waals surface area contributed by atoms with Crippen LogP contribution in [0.1, 0.15) is 36.8 Å². The molecule has 0 amide bonds. The van der Waals surface area contributed by atoms with Gasteiger partial charge >= 0.3 is 0 Å². The Bertz CT molecular complexity index is 749. The first-order valence-electron chi connectivity index (χ1n) is 7.46. The van der Waals surface area contributed by atoms with Crippen LogP contribution in [0.2, 0.25) is 0 Å². The monoisotopic (exact) mass is 267 g/mol. The number of hydrogen-bond acceptors (Lipinski definition) is 3. The van der Waals surface area contributed by atoms with Crippen molar-refractivity contribution in [1.29, 1.82) is 0 Å². The summed E-state index contributed by atoms with van der Waals surface area (Å²) in [7, 11) is 0. The van der Waals surface area contributed by atoms with Crippen LogP contribution in [-0.4, -0.2) is 6.04 Å². The summed E-state index contributed by atoms with van der Waals surface area (Å²) in [5.41, 5.74) is 4.14. The van der Waals surface area contributed by atoms with Crippen molar-refractivity contribution in [2.75, 3.05) is 5.32 Å². The third-order valence-electron chi connectivity index (χ3n) is 4.47. The average molecular weight is 267 g/mol. The molecule has 0 unspecified atom stereocenters. The molecule has 2 aliphatic carbocycles. The van der Waals surface area contributed by atoms with Gasteiger partial charge in [-0.2, -0.15) is 0 Å². The van der Waals surface area contributed by atoms with E-state index in [2.05, 4.69) is 17.4 Å². The molecule has 0 atom stereocenters. The van der Waals surface area contributed by atoms with E-state index in [9.17, 15) is 9.59 Å². The summed E-state index contributed by atoms with van der Waals surface area (Å²) in [6.45, 7) is 0. The van der Waals surface area contributed by atoms with Crippen LogP contribution in [0.25, 0.3) is 11.1 Å². The third-order valence-corrected chi connectivity index (χ3v) is 4.47. The number of fused-ring (bicyclic) bond motifs is 1. The summed E-state index contributed by atoms with van der Waals surface area (Å²) in [4.78, 5) is 23.6. The first-order valence-corrected chi connectivity index (χ1v) is 7.46. The van der Waals surface area contributed by atoms with Crippen LogP contribution in [0.3, 0.4) is 0 Å². The van der Waals surface area contributed by atoms with Crippen molar-refractivity contribution in [3.63, 3.8) is 0 Å². The van der Waals surface area contributed by atoms with Gasteiger partial charge in [-0.1, -0.05) is 18.2 Å². The summed E-state index contributed by atoms with van der Waals surface area (Å²) in [5.74, 6) is 0. The molecule has 20 heavy (non-hydrogen) atoms. The molecule has 0 bridgehead atoms. The van der Waals surface area contributed by atoms with E-state index in [-0.39, 0.29) is 10.9 Å². The topological polar surface area (TPSA) is 46.2 Å². The minimum Gasteiger partial charge on any atom is -0.378 e. The van der Waals surface area contributed by atoms with E-state index in [1.807, 2.05) is 6.07 Å². The Morgan fingerprint density at radius 3 is 2.45 bits per heavy atom. The second kappa shape index (κ2) is 4.30. The van der Waals surface area contributed by atoms with Crippen molar-refractivity contribution in [3.8, 4) is 11.1 Å². The van der Waals surface area contributed by atoms with Gasteiger partial charge < -0.3 is 5.32 Å². The Labute approximate surface area is 117 Å². The molecule has 1 N–H and O–H groups in total. The predicted octanol–water partition coefficient (Wildman–Crippen LogP) is 2.40. The van der Waals surface area contributed by atoms with Crippen molar-refractivity contribution in [2.45, 2.75) is 44.6 Å². The quantitative estimate of drug-likeness (QED) is 0.869. The van der Waals surface area contributed by atoms with E-state index in [0.717, 1.165) is 31.2 Å². The number of rotatable bonds is 3. The Morgan fingerprint density at radius 1 is 0.950 bits per heavy atom. The molecule has 0 radical (unpaired) electrons. The molecular weight excluding hydrogens is 250 g/mol. The van der Waals surface area contributed by atoms with Crippen LogP contribution < -0.4 is 16.2 Å². The molecule has 2 aromatic carbocycles. The molecule has 1 saturated carbocycles. The highest BCUT2D eigenvalue weighted by molar-refractivity contribution is 5.82. The Hall–Kier alpha value is -1.90. The van der Waals surface area contributed by atoms with E-state index in [1.54, 1.807) is 0 Å². The normalized spacial score (nSPS) is 18.0. The summed E-state index contributed by atoms with van der Waals surface area (Å²) in [6.07, 6.45) is 6.89. The molecule has 0 aromatic heterocycles. The van der Waals surface area contributed by atoms with Gasteiger partial charge in [0.1, 0.15) is 0 Å². The van der Waals surface area contributed by atoms with Crippen LogP contribution in [0.4, 0.5) is 5.69 Å². The molecule has 2 aromatic rings. The Morgan fingerprint density at radius 2 is 1.70 bits per heavy atom. The van der Waals surface area contributed by atoms with Crippen LogP contribution in [0.5, 0.6) is 0 Å².